The third-order valence-corrected chi connectivity index (χ3v) is 4.12. The number of fused-ring (bicyclic) bond motifs is 2. The predicted octanol–water partition coefficient (Wildman–Crippen LogP) is 1.37. The van der Waals surface area contributed by atoms with Crippen molar-refractivity contribution in [2.45, 2.75) is 25.6 Å². The molecule has 0 amide bonds. The van der Waals surface area contributed by atoms with E-state index in [-0.39, 0.29) is 41.5 Å². The van der Waals surface area contributed by atoms with Crippen molar-refractivity contribution in [1.82, 2.24) is 0 Å². The molecule has 0 spiro atoms. The highest BCUT2D eigenvalue weighted by molar-refractivity contribution is 6.03. The van der Waals surface area contributed by atoms with Gasteiger partial charge in [-0.3, -0.25) is 4.79 Å². The molecule has 3 N–H and O–H groups in total. The van der Waals surface area contributed by atoms with E-state index < -0.39 is 12.0 Å². The fraction of sp³-hybridized carbons (Fsp3) is 0.500. The van der Waals surface area contributed by atoms with E-state index in [9.17, 15) is 20.1 Å². The number of ether oxygens (including phenoxy) is 1. The second-order valence-corrected chi connectivity index (χ2v) is 5.39. The predicted molar refractivity (Wildman–Crippen MR) is 66.1 cm³/mol. The topological polar surface area (TPSA) is 87.0 Å². The van der Waals surface area contributed by atoms with E-state index in [4.69, 9.17) is 4.74 Å². The fourth-order valence-electron chi connectivity index (χ4n) is 3.18. The number of ketones is 1. The Morgan fingerprint density at radius 2 is 2.05 bits per heavy atom. The zero-order valence-corrected chi connectivity index (χ0v) is 10.5. The molecule has 1 aromatic carbocycles. The largest absolute Gasteiger partial charge is 0.508 e. The normalized spacial score (nSPS) is 33.7. The molecule has 5 heteroatoms. The van der Waals surface area contributed by atoms with E-state index in [0.717, 1.165) is 6.07 Å². The Hall–Kier alpha value is -1.59. The lowest BCUT2D eigenvalue weighted by Crippen LogP contribution is -2.43. The van der Waals surface area contributed by atoms with Crippen molar-refractivity contribution in [2.24, 2.45) is 11.8 Å². The zero-order valence-electron chi connectivity index (χ0n) is 10.5. The van der Waals surface area contributed by atoms with Gasteiger partial charge in [-0.1, -0.05) is 0 Å². The van der Waals surface area contributed by atoms with Crippen LogP contribution in [0.3, 0.4) is 0 Å². The Morgan fingerprint density at radius 3 is 2.79 bits per heavy atom. The Morgan fingerprint density at radius 1 is 1.32 bits per heavy atom. The maximum absolute atomic E-state index is 12.4. The Labute approximate surface area is 110 Å². The molecule has 1 fully saturated rings. The highest BCUT2D eigenvalue weighted by Crippen LogP contribution is 2.46. The summed E-state index contributed by atoms with van der Waals surface area (Å²) < 4.78 is 5.48. The molecular weight excluding hydrogens is 248 g/mol. The summed E-state index contributed by atoms with van der Waals surface area (Å²) >= 11 is 0. The van der Waals surface area contributed by atoms with Gasteiger partial charge in [-0.05, 0) is 25.0 Å². The monoisotopic (exact) mass is 264 g/mol. The number of benzene rings is 1. The maximum atomic E-state index is 12.4. The van der Waals surface area contributed by atoms with Gasteiger partial charge in [-0.15, -0.1) is 0 Å². The molecule has 0 bridgehead atoms. The van der Waals surface area contributed by atoms with Crippen LogP contribution < -0.4 is 0 Å². The molecule has 3 rings (SSSR count). The van der Waals surface area contributed by atoms with E-state index in [0.29, 0.717) is 12.0 Å². The van der Waals surface area contributed by atoms with Gasteiger partial charge >= 0.3 is 0 Å². The first kappa shape index (κ1) is 12.4. The lowest BCUT2D eigenvalue weighted by atomic mass is 9.70. The van der Waals surface area contributed by atoms with Gasteiger partial charge in [-0.2, -0.15) is 0 Å². The third-order valence-electron chi connectivity index (χ3n) is 4.12. The van der Waals surface area contributed by atoms with E-state index in [1.165, 1.54) is 6.07 Å². The van der Waals surface area contributed by atoms with Crippen molar-refractivity contribution < 1.29 is 24.9 Å². The molecule has 1 aromatic rings. The minimum atomic E-state index is -0.859. The molecule has 0 aromatic heterocycles. The van der Waals surface area contributed by atoms with Gasteiger partial charge in [0.05, 0.1) is 30.3 Å². The van der Waals surface area contributed by atoms with Crippen LogP contribution in [-0.4, -0.2) is 33.8 Å². The lowest BCUT2D eigenvalue weighted by molar-refractivity contribution is -0.0688. The summed E-state index contributed by atoms with van der Waals surface area (Å²) in [6.07, 6.45) is -0.272. The van der Waals surface area contributed by atoms with Crippen LogP contribution in [0.15, 0.2) is 12.1 Å². The van der Waals surface area contributed by atoms with Crippen LogP contribution in [0.1, 0.15) is 35.4 Å². The van der Waals surface area contributed by atoms with Gasteiger partial charge in [0.15, 0.2) is 5.78 Å². The second-order valence-electron chi connectivity index (χ2n) is 5.39. The Kier molecular flexibility index (Phi) is 2.76. The number of aliphatic hydroxyl groups is 1. The van der Waals surface area contributed by atoms with Crippen LogP contribution in [0, 0.1) is 11.8 Å². The number of phenols is 2. The smallest absolute Gasteiger partial charge is 0.172 e. The molecule has 0 radical (unpaired) electrons. The summed E-state index contributed by atoms with van der Waals surface area (Å²) in [5.41, 5.74) is 0.433. The SMILES string of the molecule is C[C@H]1C[C@H]2[C@H](O)c3cc(O)cc(O)c3C(=O)[C@@H]2CO1. The highest BCUT2D eigenvalue weighted by Gasteiger charge is 2.45. The van der Waals surface area contributed by atoms with Crippen LogP contribution in [0.4, 0.5) is 0 Å². The number of hydrogen-bond acceptors (Lipinski definition) is 5. The number of carbonyl (C=O) groups is 1. The number of aromatic hydroxyl groups is 2. The number of phenolic OH excluding ortho intramolecular Hbond substituents is 2. The van der Waals surface area contributed by atoms with Crippen LogP contribution >= 0.6 is 0 Å². The van der Waals surface area contributed by atoms with Gasteiger partial charge in [0.25, 0.3) is 0 Å². The molecule has 0 saturated carbocycles. The number of rotatable bonds is 0. The van der Waals surface area contributed by atoms with Gasteiger partial charge in [-0.25, -0.2) is 0 Å². The van der Waals surface area contributed by atoms with Gasteiger partial charge in [0.2, 0.25) is 0 Å². The Balaban J connectivity index is 2.12. The van der Waals surface area contributed by atoms with Crippen LogP contribution in [0.5, 0.6) is 11.5 Å². The molecule has 102 valence electrons. The van der Waals surface area contributed by atoms with Crippen molar-refractivity contribution in [3.63, 3.8) is 0 Å². The van der Waals surface area contributed by atoms with Crippen molar-refractivity contribution in [2.75, 3.05) is 6.61 Å². The number of aliphatic hydroxyl groups excluding tert-OH is 1. The average molecular weight is 264 g/mol. The van der Waals surface area contributed by atoms with Gasteiger partial charge < -0.3 is 20.1 Å². The molecule has 1 aliphatic heterocycles. The van der Waals surface area contributed by atoms with Crippen molar-refractivity contribution >= 4 is 5.78 Å². The van der Waals surface area contributed by atoms with E-state index in [1.54, 1.807) is 0 Å². The summed E-state index contributed by atoms with van der Waals surface area (Å²) in [4.78, 5) is 12.4. The minimum Gasteiger partial charge on any atom is -0.508 e. The number of Topliss-reactive ketones (excluding diaryl/α,β-unsaturated/α-hetero) is 1. The minimum absolute atomic E-state index is 0.00356. The molecule has 1 aliphatic carbocycles. The quantitative estimate of drug-likeness (QED) is 0.658. The van der Waals surface area contributed by atoms with Crippen LogP contribution in [0.25, 0.3) is 0 Å². The lowest BCUT2D eigenvalue weighted by Gasteiger charge is -2.41. The first-order valence-corrected chi connectivity index (χ1v) is 6.38. The van der Waals surface area contributed by atoms with Crippen molar-refractivity contribution in [3.05, 3.63) is 23.3 Å². The molecule has 1 saturated heterocycles. The third kappa shape index (κ3) is 1.81. The number of hydrogen-bond donors (Lipinski definition) is 3. The van der Waals surface area contributed by atoms with E-state index >= 15 is 0 Å². The van der Waals surface area contributed by atoms with Crippen LogP contribution in [0.2, 0.25) is 0 Å². The van der Waals surface area contributed by atoms with Gasteiger partial charge in [0, 0.05) is 12.0 Å². The molecule has 19 heavy (non-hydrogen) atoms. The number of carbonyl (C=O) groups excluding carboxylic acids is 1. The molecular formula is C14H16O5. The summed E-state index contributed by atoms with van der Waals surface area (Å²) in [5.74, 6) is -1.29. The highest BCUT2D eigenvalue weighted by atomic mass is 16.5. The average Bonchev–Trinajstić information content (AvgIpc) is 2.35. The summed E-state index contributed by atoms with van der Waals surface area (Å²) in [5, 5.41) is 29.8. The summed E-state index contributed by atoms with van der Waals surface area (Å²) in [7, 11) is 0. The fourth-order valence-corrected chi connectivity index (χ4v) is 3.18. The van der Waals surface area contributed by atoms with Crippen LogP contribution in [-0.2, 0) is 4.74 Å². The first-order chi connectivity index (χ1) is 8.99. The standard InChI is InChI=1S/C14H16O5/c1-6-2-8-10(5-19-6)14(18)12-9(13(8)17)3-7(15)4-11(12)16/h3-4,6,8,10,13,15-17H,2,5H2,1H3/t6-,8+,10+,13-/m0/s1. The summed E-state index contributed by atoms with van der Waals surface area (Å²) in [6, 6.07) is 2.48. The van der Waals surface area contributed by atoms with Crippen molar-refractivity contribution in [1.29, 1.82) is 0 Å². The van der Waals surface area contributed by atoms with Crippen molar-refractivity contribution in [3.8, 4) is 11.5 Å². The van der Waals surface area contributed by atoms with E-state index in [2.05, 4.69) is 0 Å². The Bertz CT molecular complexity index is 539. The van der Waals surface area contributed by atoms with Gasteiger partial charge in [0.1, 0.15) is 11.5 Å². The molecule has 1 heterocycles. The molecule has 5 nitrogen and oxygen atoms in total. The van der Waals surface area contributed by atoms with E-state index in [1.807, 2.05) is 6.92 Å². The second kappa shape index (κ2) is 4.21. The first-order valence-electron chi connectivity index (χ1n) is 6.38. The summed E-state index contributed by atoms with van der Waals surface area (Å²) in [6.45, 7) is 2.17. The maximum Gasteiger partial charge on any atom is 0.172 e. The molecule has 4 atom stereocenters. The zero-order chi connectivity index (χ0) is 13.7. The molecule has 2 aliphatic rings. The molecule has 0 unspecified atom stereocenters.